The van der Waals surface area contributed by atoms with Crippen LogP contribution in [0.5, 0.6) is 0 Å². The van der Waals surface area contributed by atoms with Crippen LogP contribution in [-0.2, 0) is 18.3 Å². The number of amides is 1. The lowest BCUT2D eigenvalue weighted by Gasteiger charge is -2.41. The maximum Gasteiger partial charge on any atom is 0.220 e. The maximum atomic E-state index is 12.6. The summed E-state index contributed by atoms with van der Waals surface area (Å²) < 4.78 is 10.1. The molecule has 1 aromatic carbocycles. The molecule has 1 aliphatic heterocycles. The molecular formula is C20H26N2O4S2. The van der Waals surface area contributed by atoms with Crippen LogP contribution in [0.25, 0.3) is 10.9 Å². The molecule has 6 nitrogen and oxygen atoms in total. The van der Waals surface area contributed by atoms with E-state index in [4.69, 9.17) is 9.47 Å². The van der Waals surface area contributed by atoms with E-state index in [2.05, 4.69) is 22.4 Å². The third kappa shape index (κ3) is 3.45. The Morgan fingerprint density at radius 1 is 1.32 bits per heavy atom. The molecule has 152 valence electrons. The lowest BCUT2D eigenvalue weighted by molar-refractivity contribution is -0.128. The standard InChI is InChI=1S/C20H26N2O4S2/c1-25-17(26-2)11-21-16(24)10-12-9-15(23)18-13-5-3-4-6-14(13)22-19(18)20(12)27-7-8-28-20/h3-6,12,15,17,22-23H,7-11H2,1-2H3,(H,21,24). The third-order valence-electron chi connectivity index (χ3n) is 5.61. The Labute approximate surface area is 173 Å². The van der Waals surface area contributed by atoms with Gasteiger partial charge in [-0.25, -0.2) is 0 Å². The third-order valence-corrected chi connectivity index (χ3v) is 9.33. The number of aliphatic hydroxyl groups excluding tert-OH is 1. The zero-order valence-electron chi connectivity index (χ0n) is 16.1. The average molecular weight is 423 g/mol. The molecule has 8 heteroatoms. The quantitative estimate of drug-likeness (QED) is 0.621. The number of carbonyl (C=O) groups excluding carboxylic acids is 1. The minimum Gasteiger partial charge on any atom is -0.388 e. The highest BCUT2D eigenvalue weighted by molar-refractivity contribution is 8.20. The summed E-state index contributed by atoms with van der Waals surface area (Å²) in [6.45, 7) is 0.312. The van der Waals surface area contributed by atoms with Gasteiger partial charge >= 0.3 is 0 Å². The van der Waals surface area contributed by atoms with Gasteiger partial charge in [0.25, 0.3) is 0 Å². The second-order valence-electron chi connectivity index (χ2n) is 7.18. The van der Waals surface area contributed by atoms with E-state index in [-0.39, 0.29) is 15.9 Å². The summed E-state index contributed by atoms with van der Waals surface area (Å²) in [5.74, 6) is 2.10. The van der Waals surface area contributed by atoms with Crippen molar-refractivity contribution in [3.63, 3.8) is 0 Å². The van der Waals surface area contributed by atoms with Crippen molar-refractivity contribution in [3.8, 4) is 0 Å². The summed E-state index contributed by atoms with van der Waals surface area (Å²) >= 11 is 3.80. The number of aliphatic hydroxyl groups is 1. The second-order valence-corrected chi connectivity index (χ2v) is 10.1. The summed E-state index contributed by atoms with van der Waals surface area (Å²) in [5.41, 5.74) is 3.14. The number of hydrogen-bond donors (Lipinski definition) is 3. The Morgan fingerprint density at radius 3 is 2.75 bits per heavy atom. The Morgan fingerprint density at radius 2 is 2.04 bits per heavy atom. The van der Waals surface area contributed by atoms with Crippen molar-refractivity contribution in [2.45, 2.75) is 29.3 Å². The molecule has 0 bridgehead atoms. The molecular weight excluding hydrogens is 396 g/mol. The molecule has 0 radical (unpaired) electrons. The zero-order valence-corrected chi connectivity index (χ0v) is 17.7. The number of hydrogen-bond acceptors (Lipinski definition) is 6. The zero-order chi connectivity index (χ0) is 19.7. The first-order chi connectivity index (χ1) is 13.6. The monoisotopic (exact) mass is 422 g/mol. The molecule has 2 atom stereocenters. The van der Waals surface area contributed by atoms with E-state index in [1.54, 1.807) is 14.2 Å². The van der Waals surface area contributed by atoms with Gasteiger partial charge in [0, 0.05) is 54.3 Å². The average Bonchev–Trinajstić information content (AvgIpc) is 3.33. The van der Waals surface area contributed by atoms with Crippen molar-refractivity contribution in [1.82, 2.24) is 10.3 Å². The fraction of sp³-hybridized carbons (Fsp3) is 0.550. The van der Waals surface area contributed by atoms with Crippen LogP contribution in [0.15, 0.2) is 24.3 Å². The van der Waals surface area contributed by atoms with Gasteiger partial charge in [-0.05, 0) is 18.4 Å². The van der Waals surface area contributed by atoms with Gasteiger partial charge in [-0.3, -0.25) is 4.79 Å². The number of nitrogens with one attached hydrogen (secondary N) is 2. The lowest BCUT2D eigenvalue weighted by atomic mass is 9.81. The van der Waals surface area contributed by atoms with Crippen LogP contribution < -0.4 is 5.32 Å². The molecule has 2 unspecified atom stereocenters. The molecule has 1 aromatic heterocycles. The van der Waals surface area contributed by atoms with Crippen LogP contribution in [0.3, 0.4) is 0 Å². The van der Waals surface area contributed by atoms with Gasteiger partial charge in [0.1, 0.15) is 4.08 Å². The van der Waals surface area contributed by atoms with Crippen molar-refractivity contribution in [2.75, 3.05) is 32.3 Å². The molecule has 1 saturated heterocycles. The Bertz CT molecular complexity index is 846. The Kier molecular flexibility index (Phi) is 5.94. The number of benzene rings is 1. The van der Waals surface area contributed by atoms with Gasteiger partial charge < -0.3 is 24.9 Å². The SMILES string of the molecule is COC(CNC(=O)CC1CC(O)c2c([nH]c3ccccc23)C12SCCS2)OC. The van der Waals surface area contributed by atoms with Crippen LogP contribution in [0.2, 0.25) is 0 Å². The van der Waals surface area contributed by atoms with Crippen LogP contribution >= 0.6 is 23.5 Å². The van der Waals surface area contributed by atoms with Crippen molar-refractivity contribution >= 4 is 40.3 Å². The molecule has 1 fully saturated rings. The number of carbonyl (C=O) groups is 1. The molecule has 1 amide bonds. The predicted molar refractivity (Wildman–Crippen MR) is 113 cm³/mol. The van der Waals surface area contributed by atoms with E-state index < -0.39 is 12.4 Å². The van der Waals surface area contributed by atoms with Crippen LogP contribution in [-0.4, -0.2) is 54.6 Å². The number of aromatic nitrogens is 1. The van der Waals surface area contributed by atoms with Gasteiger partial charge in [-0.15, -0.1) is 23.5 Å². The van der Waals surface area contributed by atoms with Crippen molar-refractivity contribution in [3.05, 3.63) is 35.5 Å². The number of thioether (sulfide) groups is 2. The minimum absolute atomic E-state index is 0.0386. The highest BCUT2D eigenvalue weighted by atomic mass is 32.2. The highest BCUT2D eigenvalue weighted by Crippen LogP contribution is 2.63. The fourth-order valence-electron chi connectivity index (χ4n) is 4.31. The summed E-state index contributed by atoms with van der Waals surface area (Å²) in [7, 11) is 3.10. The number of para-hydroxylation sites is 1. The predicted octanol–water partition coefficient (Wildman–Crippen LogP) is 2.98. The van der Waals surface area contributed by atoms with Gasteiger partial charge in [-0.1, -0.05) is 18.2 Å². The first-order valence-corrected chi connectivity index (χ1v) is 11.5. The van der Waals surface area contributed by atoms with Crippen LogP contribution in [0.1, 0.15) is 30.2 Å². The molecule has 0 saturated carbocycles. The van der Waals surface area contributed by atoms with Crippen LogP contribution in [0.4, 0.5) is 0 Å². The Balaban J connectivity index is 1.61. The topological polar surface area (TPSA) is 83.6 Å². The fourth-order valence-corrected chi connectivity index (χ4v) is 7.86. The van der Waals surface area contributed by atoms with Gasteiger partial charge in [0.15, 0.2) is 6.29 Å². The Hall–Kier alpha value is -1.19. The smallest absolute Gasteiger partial charge is 0.220 e. The van der Waals surface area contributed by atoms with Crippen molar-refractivity contribution < 1.29 is 19.4 Å². The normalized spacial score (nSPS) is 23.4. The molecule has 2 heterocycles. The van der Waals surface area contributed by atoms with E-state index >= 15 is 0 Å². The maximum absolute atomic E-state index is 12.6. The highest BCUT2D eigenvalue weighted by Gasteiger charge is 2.52. The molecule has 28 heavy (non-hydrogen) atoms. The number of ether oxygens (including phenoxy) is 2. The minimum atomic E-state index is -0.568. The number of H-pyrrole nitrogens is 1. The first-order valence-electron chi connectivity index (χ1n) is 9.48. The van der Waals surface area contributed by atoms with E-state index in [0.717, 1.165) is 33.7 Å². The summed E-state index contributed by atoms with van der Waals surface area (Å²) in [6.07, 6.45) is -0.0702. The van der Waals surface area contributed by atoms with Gasteiger partial charge in [0.05, 0.1) is 12.6 Å². The number of aromatic amines is 1. The summed E-state index contributed by atoms with van der Waals surface area (Å²) in [4.78, 5) is 16.2. The molecule has 1 aliphatic carbocycles. The number of rotatable bonds is 6. The largest absolute Gasteiger partial charge is 0.388 e. The van der Waals surface area contributed by atoms with Crippen LogP contribution in [0, 0.1) is 5.92 Å². The molecule has 2 aromatic rings. The second kappa shape index (κ2) is 8.28. The molecule has 4 rings (SSSR count). The number of fused-ring (bicyclic) bond motifs is 4. The van der Waals surface area contributed by atoms with E-state index in [1.165, 1.54) is 0 Å². The number of methoxy groups -OCH3 is 2. The molecule has 3 N–H and O–H groups in total. The summed E-state index contributed by atoms with van der Waals surface area (Å²) in [6, 6.07) is 8.13. The van der Waals surface area contributed by atoms with E-state index in [1.807, 2.05) is 35.7 Å². The van der Waals surface area contributed by atoms with Gasteiger partial charge in [0.2, 0.25) is 5.91 Å². The van der Waals surface area contributed by atoms with E-state index in [0.29, 0.717) is 19.4 Å². The van der Waals surface area contributed by atoms with Crippen molar-refractivity contribution in [1.29, 1.82) is 0 Å². The van der Waals surface area contributed by atoms with E-state index in [9.17, 15) is 9.90 Å². The lowest BCUT2D eigenvalue weighted by Crippen LogP contribution is -2.40. The first kappa shape index (κ1) is 20.1. The molecule has 1 spiro atoms. The molecule has 2 aliphatic rings. The van der Waals surface area contributed by atoms with Crippen molar-refractivity contribution in [2.24, 2.45) is 5.92 Å². The van der Waals surface area contributed by atoms with Gasteiger partial charge in [-0.2, -0.15) is 0 Å². The summed E-state index contributed by atoms with van der Waals surface area (Å²) in [5, 5.41) is 15.0.